The van der Waals surface area contributed by atoms with Gasteiger partial charge in [-0.25, -0.2) is 4.79 Å². The third kappa shape index (κ3) is 2.95. The summed E-state index contributed by atoms with van der Waals surface area (Å²) in [5.41, 5.74) is 5.12. The van der Waals surface area contributed by atoms with Crippen LogP contribution in [-0.2, 0) is 4.74 Å². The van der Waals surface area contributed by atoms with E-state index >= 15 is 0 Å². The van der Waals surface area contributed by atoms with Crippen LogP contribution in [0.1, 0.15) is 19.3 Å². The first kappa shape index (κ1) is 14.1. The molecule has 1 saturated heterocycles. The first-order valence-electron chi connectivity index (χ1n) is 7.41. The number of nitrogens with two attached hydrogens (primary N) is 1. The average molecular weight is 291 g/mol. The molecule has 1 aromatic heterocycles. The predicted molar refractivity (Wildman–Crippen MR) is 76.9 cm³/mol. The molecule has 1 spiro atoms. The molecular weight excluding hydrogens is 270 g/mol. The minimum absolute atomic E-state index is 0.278. The van der Waals surface area contributed by atoms with Crippen LogP contribution in [0.3, 0.4) is 0 Å². The van der Waals surface area contributed by atoms with Gasteiger partial charge in [-0.3, -0.25) is 4.98 Å². The van der Waals surface area contributed by atoms with Gasteiger partial charge in [0.05, 0.1) is 31.6 Å². The van der Waals surface area contributed by atoms with Crippen molar-refractivity contribution in [3.05, 3.63) is 24.5 Å². The maximum Gasteiger partial charge on any atom is 0.314 e. The lowest BCUT2D eigenvalue weighted by Crippen LogP contribution is -2.57. The number of aromatic nitrogens is 1. The van der Waals surface area contributed by atoms with Crippen LogP contribution in [0, 0.1) is 5.92 Å². The summed E-state index contributed by atoms with van der Waals surface area (Å²) in [5, 5.41) is 0. The molecule has 114 valence electrons. The van der Waals surface area contributed by atoms with E-state index in [1.165, 1.54) is 0 Å². The molecule has 1 saturated carbocycles. The summed E-state index contributed by atoms with van der Waals surface area (Å²) in [7, 11) is 0. The fourth-order valence-corrected chi connectivity index (χ4v) is 3.37. The predicted octanol–water partition coefficient (Wildman–Crippen LogP) is 1.41. The molecule has 2 N–H and O–H groups in total. The molecule has 0 bridgehead atoms. The van der Waals surface area contributed by atoms with Crippen molar-refractivity contribution in [2.24, 2.45) is 11.7 Å². The Bertz CT molecular complexity index is 496. The van der Waals surface area contributed by atoms with Gasteiger partial charge < -0.3 is 20.1 Å². The molecule has 2 heterocycles. The number of pyridine rings is 1. The van der Waals surface area contributed by atoms with Gasteiger partial charge in [0.2, 0.25) is 0 Å². The van der Waals surface area contributed by atoms with Crippen molar-refractivity contribution in [2.75, 3.05) is 26.3 Å². The summed E-state index contributed by atoms with van der Waals surface area (Å²) in [6.45, 7) is 2.28. The first-order valence-corrected chi connectivity index (χ1v) is 7.41. The monoisotopic (exact) mass is 291 g/mol. The van der Waals surface area contributed by atoms with E-state index in [4.69, 9.17) is 15.2 Å². The summed E-state index contributed by atoms with van der Waals surface area (Å²) in [6.07, 6.45) is 6.52. The van der Waals surface area contributed by atoms with Crippen LogP contribution in [0.25, 0.3) is 0 Å². The number of ether oxygens (including phenoxy) is 2. The summed E-state index contributed by atoms with van der Waals surface area (Å²) in [4.78, 5) is 17.2. The maximum absolute atomic E-state index is 11.4. The summed E-state index contributed by atoms with van der Waals surface area (Å²) < 4.78 is 11.9. The average Bonchev–Trinajstić information content (AvgIpc) is 2.88. The number of hydrogen-bond acceptors (Lipinski definition) is 4. The van der Waals surface area contributed by atoms with Crippen LogP contribution in [0.4, 0.5) is 4.79 Å². The molecule has 0 aromatic carbocycles. The Labute approximate surface area is 124 Å². The Morgan fingerprint density at radius 2 is 2.52 bits per heavy atom. The van der Waals surface area contributed by atoms with Gasteiger partial charge in [0.25, 0.3) is 0 Å². The molecule has 1 aliphatic carbocycles. The van der Waals surface area contributed by atoms with Gasteiger partial charge in [-0.05, 0) is 31.4 Å². The molecule has 3 rings (SSSR count). The fraction of sp³-hybridized carbons (Fsp3) is 0.600. The minimum Gasteiger partial charge on any atom is -0.492 e. The highest BCUT2D eigenvalue weighted by molar-refractivity contribution is 5.72. The largest absolute Gasteiger partial charge is 0.492 e. The third-order valence-corrected chi connectivity index (χ3v) is 4.50. The van der Waals surface area contributed by atoms with E-state index in [1.54, 1.807) is 17.3 Å². The number of amides is 2. The molecule has 0 unspecified atom stereocenters. The highest BCUT2D eigenvalue weighted by atomic mass is 16.5. The zero-order valence-electron chi connectivity index (χ0n) is 12.0. The van der Waals surface area contributed by atoms with Gasteiger partial charge in [0.1, 0.15) is 5.75 Å². The van der Waals surface area contributed by atoms with Gasteiger partial charge in [0, 0.05) is 18.7 Å². The molecular formula is C15H21N3O3. The second kappa shape index (κ2) is 5.89. The molecule has 1 aliphatic heterocycles. The van der Waals surface area contributed by atoms with Crippen molar-refractivity contribution >= 4 is 6.03 Å². The van der Waals surface area contributed by atoms with E-state index in [9.17, 15) is 4.79 Å². The minimum atomic E-state index is -0.364. The van der Waals surface area contributed by atoms with Gasteiger partial charge in [-0.2, -0.15) is 0 Å². The quantitative estimate of drug-likeness (QED) is 0.913. The normalized spacial score (nSPS) is 28.8. The van der Waals surface area contributed by atoms with Crippen molar-refractivity contribution < 1.29 is 14.3 Å². The third-order valence-electron chi connectivity index (χ3n) is 4.50. The smallest absolute Gasteiger partial charge is 0.314 e. The van der Waals surface area contributed by atoms with E-state index in [0.29, 0.717) is 26.3 Å². The number of rotatable bonds is 3. The van der Waals surface area contributed by atoms with Crippen molar-refractivity contribution in [3.63, 3.8) is 0 Å². The van der Waals surface area contributed by atoms with Crippen molar-refractivity contribution in [2.45, 2.75) is 24.9 Å². The number of hydrogen-bond donors (Lipinski definition) is 1. The number of morpholine rings is 1. The summed E-state index contributed by atoms with van der Waals surface area (Å²) in [5.74, 6) is 1.04. The summed E-state index contributed by atoms with van der Waals surface area (Å²) in [6, 6.07) is 3.38. The fourth-order valence-electron chi connectivity index (χ4n) is 3.37. The van der Waals surface area contributed by atoms with Crippen molar-refractivity contribution in [1.29, 1.82) is 0 Å². The van der Waals surface area contributed by atoms with E-state index in [-0.39, 0.29) is 17.6 Å². The zero-order valence-corrected chi connectivity index (χ0v) is 12.0. The SMILES string of the molecule is NC(=O)N1CCO[C@]2(CCC[C@H]2COc2cccnc2)C1. The van der Waals surface area contributed by atoms with Crippen LogP contribution < -0.4 is 10.5 Å². The Morgan fingerprint density at radius 3 is 3.29 bits per heavy atom. The molecule has 2 amide bonds. The van der Waals surface area contributed by atoms with Gasteiger partial charge in [0.15, 0.2) is 0 Å². The van der Waals surface area contributed by atoms with E-state index in [1.807, 2.05) is 12.1 Å². The van der Waals surface area contributed by atoms with Gasteiger partial charge in [-0.1, -0.05) is 0 Å². The highest BCUT2D eigenvalue weighted by Gasteiger charge is 2.47. The molecule has 2 atom stereocenters. The summed E-state index contributed by atoms with van der Waals surface area (Å²) >= 11 is 0. The highest BCUT2D eigenvalue weighted by Crippen LogP contribution is 2.41. The number of nitrogens with zero attached hydrogens (tertiary/aromatic N) is 2. The van der Waals surface area contributed by atoms with Gasteiger partial charge >= 0.3 is 6.03 Å². The van der Waals surface area contributed by atoms with Crippen LogP contribution in [-0.4, -0.2) is 47.8 Å². The van der Waals surface area contributed by atoms with Crippen molar-refractivity contribution in [3.8, 4) is 5.75 Å². The molecule has 6 nitrogen and oxygen atoms in total. The maximum atomic E-state index is 11.4. The second-order valence-corrected chi connectivity index (χ2v) is 5.76. The molecule has 21 heavy (non-hydrogen) atoms. The first-order chi connectivity index (χ1) is 10.2. The van der Waals surface area contributed by atoms with Crippen molar-refractivity contribution in [1.82, 2.24) is 9.88 Å². The molecule has 0 radical (unpaired) electrons. The van der Waals surface area contributed by atoms with E-state index < -0.39 is 0 Å². The lowest BCUT2D eigenvalue weighted by Gasteiger charge is -2.43. The van der Waals surface area contributed by atoms with E-state index in [0.717, 1.165) is 25.0 Å². The van der Waals surface area contributed by atoms with Gasteiger partial charge in [-0.15, -0.1) is 0 Å². The zero-order chi connectivity index (χ0) is 14.7. The standard InChI is InChI=1S/C15H21N3O3/c16-14(19)18-7-8-21-15(11-18)5-1-3-12(15)10-20-13-4-2-6-17-9-13/h2,4,6,9,12H,1,3,5,7-8,10-11H2,(H2,16,19)/t12-,15+/m0/s1. The number of urea groups is 1. The van der Waals surface area contributed by atoms with Crippen LogP contribution in [0.15, 0.2) is 24.5 Å². The molecule has 6 heteroatoms. The van der Waals surface area contributed by atoms with Crippen LogP contribution in [0.2, 0.25) is 0 Å². The van der Waals surface area contributed by atoms with Crippen LogP contribution in [0.5, 0.6) is 5.75 Å². The lowest BCUT2D eigenvalue weighted by atomic mass is 9.89. The number of carbonyl (C=O) groups is 1. The second-order valence-electron chi connectivity index (χ2n) is 5.76. The topological polar surface area (TPSA) is 77.7 Å². The molecule has 2 aliphatic rings. The Kier molecular flexibility index (Phi) is 3.96. The Hall–Kier alpha value is -1.82. The Balaban J connectivity index is 1.65. The van der Waals surface area contributed by atoms with Crippen LogP contribution >= 0.6 is 0 Å². The number of carbonyl (C=O) groups excluding carboxylic acids is 1. The number of primary amides is 1. The van der Waals surface area contributed by atoms with E-state index in [2.05, 4.69) is 4.98 Å². The molecule has 1 aromatic rings. The molecule has 2 fully saturated rings. The lowest BCUT2D eigenvalue weighted by molar-refractivity contribution is -0.124. The Morgan fingerprint density at radius 1 is 1.62 bits per heavy atom.